The predicted octanol–water partition coefficient (Wildman–Crippen LogP) is 3.96. The Morgan fingerprint density at radius 3 is 2.43 bits per heavy atom. The van der Waals surface area contributed by atoms with E-state index in [9.17, 15) is 9.59 Å². The molecule has 0 unspecified atom stereocenters. The van der Waals surface area contributed by atoms with Crippen molar-refractivity contribution in [1.29, 1.82) is 0 Å². The van der Waals surface area contributed by atoms with Crippen LogP contribution in [0.25, 0.3) is 27.4 Å². The van der Waals surface area contributed by atoms with Crippen molar-refractivity contribution in [1.82, 2.24) is 19.7 Å². The van der Waals surface area contributed by atoms with Crippen molar-refractivity contribution in [2.24, 2.45) is 0 Å². The fourth-order valence-electron chi connectivity index (χ4n) is 6.22. The summed E-state index contributed by atoms with van der Waals surface area (Å²) in [5.41, 5.74) is 0.782. The summed E-state index contributed by atoms with van der Waals surface area (Å²) < 4.78 is 29.3. The minimum Gasteiger partial charge on any atom is -0.451 e. The van der Waals surface area contributed by atoms with Crippen LogP contribution in [0.15, 0.2) is 53.5 Å². The van der Waals surface area contributed by atoms with Gasteiger partial charge in [-0.3, -0.25) is 14.5 Å². The van der Waals surface area contributed by atoms with E-state index >= 15 is 4.39 Å². The number of halogens is 1. The summed E-state index contributed by atoms with van der Waals surface area (Å²) in [6.07, 6.45) is 3.93. The summed E-state index contributed by atoms with van der Waals surface area (Å²) in [5, 5.41) is 8.20. The van der Waals surface area contributed by atoms with E-state index < -0.39 is 17.2 Å². The van der Waals surface area contributed by atoms with Gasteiger partial charge in [0.15, 0.2) is 17.3 Å². The highest BCUT2D eigenvalue weighted by Gasteiger charge is 2.29. The Balaban J connectivity index is 1.29. The number of hydrogen-bond acceptors (Lipinski definition) is 7. The number of ether oxygens (including phenoxy) is 2. The molecule has 218 valence electrons. The Hall–Kier alpha value is -3.99. The maximum absolute atomic E-state index is 15.8. The van der Waals surface area contributed by atoms with Gasteiger partial charge in [-0.25, -0.2) is 4.39 Å². The third-order valence-electron chi connectivity index (χ3n) is 8.48. The summed E-state index contributed by atoms with van der Waals surface area (Å²) in [7, 11) is 0. The molecule has 4 aromatic rings. The number of carbonyl (C=O) groups is 1. The first-order valence-electron chi connectivity index (χ1n) is 14.7. The molecule has 0 radical (unpaired) electrons. The molecule has 4 heterocycles. The quantitative estimate of drug-likeness (QED) is 0.292. The van der Waals surface area contributed by atoms with Crippen LogP contribution in [-0.4, -0.2) is 85.8 Å². The van der Waals surface area contributed by atoms with Gasteiger partial charge in [0, 0.05) is 45.5 Å². The molecule has 0 spiro atoms. The first-order chi connectivity index (χ1) is 20.6. The molecule has 2 N–H and O–H groups in total. The number of anilines is 1. The van der Waals surface area contributed by atoms with Gasteiger partial charge in [0.1, 0.15) is 16.8 Å². The number of hydrogen-bond donors (Lipinski definition) is 2. The SMILES string of the molecule is O=C(NCCN1CCOCC1)c1cn2c3c(c(NCCN4CCCC4)c(F)cc3c1=O)Oc1cc3ccccc3cc1-2. The minimum absolute atomic E-state index is 0.0365. The zero-order chi connectivity index (χ0) is 28.6. The monoisotopic (exact) mass is 571 g/mol. The molecule has 9 nitrogen and oxygen atoms in total. The van der Waals surface area contributed by atoms with Crippen LogP contribution >= 0.6 is 0 Å². The van der Waals surface area contributed by atoms with E-state index in [1.54, 1.807) is 10.8 Å². The second kappa shape index (κ2) is 11.4. The van der Waals surface area contributed by atoms with Crippen LogP contribution in [-0.2, 0) is 4.74 Å². The molecule has 42 heavy (non-hydrogen) atoms. The average Bonchev–Trinajstić information content (AvgIpc) is 3.53. The maximum atomic E-state index is 15.8. The largest absolute Gasteiger partial charge is 0.451 e. The van der Waals surface area contributed by atoms with Crippen LogP contribution in [0.5, 0.6) is 11.5 Å². The van der Waals surface area contributed by atoms with E-state index in [2.05, 4.69) is 20.4 Å². The van der Waals surface area contributed by atoms with Crippen molar-refractivity contribution < 1.29 is 18.7 Å². The number of amides is 1. The topological polar surface area (TPSA) is 88.1 Å². The first-order valence-corrected chi connectivity index (χ1v) is 14.7. The Labute approximate surface area is 242 Å². The average molecular weight is 572 g/mol. The normalized spacial score (nSPS) is 16.9. The van der Waals surface area contributed by atoms with Crippen LogP contribution in [0.3, 0.4) is 0 Å². The Morgan fingerprint density at radius 2 is 1.64 bits per heavy atom. The molecule has 2 saturated heterocycles. The first kappa shape index (κ1) is 26.9. The smallest absolute Gasteiger partial charge is 0.256 e. The molecule has 3 aliphatic heterocycles. The summed E-state index contributed by atoms with van der Waals surface area (Å²) in [5.74, 6) is -0.289. The lowest BCUT2D eigenvalue weighted by Crippen LogP contribution is -2.42. The third kappa shape index (κ3) is 4.99. The summed E-state index contributed by atoms with van der Waals surface area (Å²) >= 11 is 0. The number of benzene rings is 3. The third-order valence-corrected chi connectivity index (χ3v) is 8.48. The summed E-state index contributed by atoms with van der Waals surface area (Å²) in [4.78, 5) is 31.6. The van der Waals surface area contributed by atoms with Crippen molar-refractivity contribution in [3.05, 3.63) is 70.3 Å². The fraction of sp³-hybridized carbons (Fsp3) is 0.375. The molecular formula is C32H34FN5O4. The lowest BCUT2D eigenvalue weighted by molar-refractivity contribution is 0.0383. The molecule has 10 heteroatoms. The number of nitrogens with one attached hydrogen (secondary N) is 2. The fourth-order valence-corrected chi connectivity index (χ4v) is 6.22. The molecule has 0 atom stereocenters. The van der Waals surface area contributed by atoms with E-state index in [4.69, 9.17) is 9.47 Å². The predicted molar refractivity (Wildman–Crippen MR) is 161 cm³/mol. The number of fused-ring (bicyclic) bond motifs is 3. The molecular weight excluding hydrogens is 537 g/mol. The molecule has 0 aliphatic carbocycles. The van der Waals surface area contributed by atoms with Gasteiger partial charge in [-0.05, 0) is 54.9 Å². The molecule has 0 bridgehead atoms. The molecule has 3 aliphatic rings. The molecule has 3 aromatic carbocycles. The van der Waals surface area contributed by atoms with E-state index in [1.807, 2.05) is 36.4 Å². The van der Waals surface area contributed by atoms with Gasteiger partial charge < -0.3 is 29.6 Å². The van der Waals surface area contributed by atoms with Crippen LogP contribution in [0.4, 0.5) is 10.1 Å². The van der Waals surface area contributed by atoms with Crippen molar-refractivity contribution in [2.45, 2.75) is 12.8 Å². The van der Waals surface area contributed by atoms with Crippen LogP contribution in [0.2, 0.25) is 0 Å². The van der Waals surface area contributed by atoms with E-state index in [0.29, 0.717) is 49.8 Å². The number of nitrogens with zero attached hydrogens (tertiary/aromatic N) is 3. The van der Waals surface area contributed by atoms with Crippen molar-refractivity contribution in [2.75, 3.05) is 70.9 Å². The van der Waals surface area contributed by atoms with Crippen LogP contribution in [0.1, 0.15) is 23.2 Å². The van der Waals surface area contributed by atoms with Gasteiger partial charge in [0.25, 0.3) is 5.91 Å². The Bertz CT molecular complexity index is 1730. The van der Waals surface area contributed by atoms with Gasteiger partial charge in [-0.2, -0.15) is 0 Å². The zero-order valence-corrected chi connectivity index (χ0v) is 23.5. The Morgan fingerprint density at radius 1 is 0.929 bits per heavy atom. The zero-order valence-electron chi connectivity index (χ0n) is 23.5. The number of pyridine rings is 1. The van der Waals surface area contributed by atoms with Gasteiger partial charge >= 0.3 is 0 Å². The number of carbonyl (C=O) groups excluding carboxylic acids is 1. The minimum atomic E-state index is -0.586. The van der Waals surface area contributed by atoms with E-state index in [1.165, 1.54) is 18.9 Å². The van der Waals surface area contributed by atoms with Gasteiger partial charge in [-0.15, -0.1) is 0 Å². The number of aromatic nitrogens is 1. The summed E-state index contributed by atoms with van der Waals surface area (Å²) in [6.45, 7) is 7.41. The maximum Gasteiger partial charge on any atom is 0.256 e. The lowest BCUT2D eigenvalue weighted by Gasteiger charge is -2.27. The van der Waals surface area contributed by atoms with E-state index in [0.717, 1.165) is 43.5 Å². The Kier molecular flexibility index (Phi) is 7.27. The van der Waals surface area contributed by atoms with Gasteiger partial charge in [-0.1, -0.05) is 24.3 Å². The number of likely N-dealkylation sites (tertiary alicyclic amines) is 1. The van der Waals surface area contributed by atoms with Gasteiger partial charge in [0.2, 0.25) is 5.43 Å². The second-order valence-electron chi connectivity index (χ2n) is 11.2. The highest BCUT2D eigenvalue weighted by molar-refractivity contribution is 6.02. The lowest BCUT2D eigenvalue weighted by atomic mass is 10.0. The van der Waals surface area contributed by atoms with Crippen molar-refractivity contribution in [3.8, 4) is 17.2 Å². The highest BCUT2D eigenvalue weighted by Crippen LogP contribution is 2.46. The summed E-state index contributed by atoms with van der Waals surface area (Å²) in [6, 6.07) is 13.0. The molecule has 7 rings (SSSR count). The number of rotatable bonds is 8. The molecule has 0 saturated carbocycles. The van der Waals surface area contributed by atoms with Crippen LogP contribution in [0, 0.1) is 5.82 Å². The molecule has 1 amide bonds. The number of morpholine rings is 1. The van der Waals surface area contributed by atoms with Crippen molar-refractivity contribution >= 4 is 33.3 Å². The highest BCUT2D eigenvalue weighted by atomic mass is 19.1. The van der Waals surface area contributed by atoms with Crippen LogP contribution < -0.4 is 20.8 Å². The standard InChI is InChI=1S/C32H34FN5O4/c33-25-19-23-29-31(28(25)34-7-11-36-9-3-4-10-36)42-27-18-22-6-2-1-5-21(22)17-26(27)38(29)20-24(30(23)39)32(40)35-8-12-37-13-15-41-16-14-37/h1-2,5-6,17-20,34H,3-4,7-16H2,(H,35,40). The van der Waals surface area contributed by atoms with Gasteiger partial charge in [0.05, 0.1) is 24.3 Å². The molecule has 2 fully saturated rings. The second-order valence-corrected chi connectivity index (χ2v) is 11.2. The molecule has 1 aromatic heterocycles. The van der Waals surface area contributed by atoms with E-state index in [-0.39, 0.29) is 22.4 Å². The van der Waals surface area contributed by atoms with Crippen molar-refractivity contribution in [3.63, 3.8) is 0 Å².